The van der Waals surface area contributed by atoms with Crippen LogP contribution in [0.3, 0.4) is 0 Å². The Morgan fingerprint density at radius 2 is 1.46 bits per heavy atom. The van der Waals surface area contributed by atoms with Crippen molar-refractivity contribution in [1.82, 2.24) is 0 Å². The monoisotopic (exact) mass is 406 g/mol. The lowest BCUT2D eigenvalue weighted by Gasteiger charge is -2.06. The SMILES string of the molecule is O=C(C=Cc1ccccc1)c1ccc(OC(=O)c2ccccc2Br)cc1. The molecule has 128 valence electrons. The zero-order valence-electron chi connectivity index (χ0n) is 13.8. The fraction of sp³-hybridized carbons (Fsp3) is 0. The fourth-order valence-corrected chi connectivity index (χ4v) is 2.75. The highest BCUT2D eigenvalue weighted by Crippen LogP contribution is 2.20. The van der Waals surface area contributed by atoms with Crippen LogP contribution in [0.2, 0.25) is 0 Å². The van der Waals surface area contributed by atoms with Crippen LogP contribution in [0.25, 0.3) is 6.08 Å². The van der Waals surface area contributed by atoms with Gasteiger partial charge in [-0.2, -0.15) is 0 Å². The van der Waals surface area contributed by atoms with E-state index in [2.05, 4.69) is 15.9 Å². The van der Waals surface area contributed by atoms with Crippen molar-refractivity contribution in [1.29, 1.82) is 0 Å². The van der Waals surface area contributed by atoms with Gasteiger partial charge in [-0.25, -0.2) is 4.79 Å². The number of ketones is 1. The quantitative estimate of drug-likeness (QED) is 0.241. The number of benzene rings is 3. The smallest absolute Gasteiger partial charge is 0.344 e. The number of esters is 1. The predicted molar refractivity (Wildman–Crippen MR) is 105 cm³/mol. The lowest BCUT2D eigenvalue weighted by Crippen LogP contribution is -2.09. The zero-order valence-corrected chi connectivity index (χ0v) is 15.3. The van der Waals surface area contributed by atoms with Gasteiger partial charge < -0.3 is 4.74 Å². The Labute approximate surface area is 160 Å². The maximum atomic E-state index is 12.2. The third-order valence-corrected chi connectivity index (χ3v) is 4.36. The van der Waals surface area contributed by atoms with E-state index < -0.39 is 5.97 Å². The van der Waals surface area contributed by atoms with Crippen molar-refractivity contribution in [2.75, 3.05) is 0 Å². The maximum Gasteiger partial charge on any atom is 0.344 e. The zero-order chi connectivity index (χ0) is 18.4. The molecule has 3 nitrogen and oxygen atoms in total. The van der Waals surface area contributed by atoms with Gasteiger partial charge in [0.25, 0.3) is 0 Å². The second-order valence-corrected chi connectivity index (χ2v) is 6.36. The highest BCUT2D eigenvalue weighted by Gasteiger charge is 2.12. The highest BCUT2D eigenvalue weighted by atomic mass is 79.9. The van der Waals surface area contributed by atoms with E-state index >= 15 is 0 Å². The summed E-state index contributed by atoms with van der Waals surface area (Å²) in [5.74, 6) is -0.188. The molecule has 0 saturated carbocycles. The first-order valence-electron chi connectivity index (χ1n) is 7.98. The van der Waals surface area contributed by atoms with E-state index in [0.717, 1.165) is 5.56 Å². The molecule has 0 N–H and O–H groups in total. The fourth-order valence-electron chi connectivity index (χ4n) is 2.31. The summed E-state index contributed by atoms with van der Waals surface area (Å²) in [6.45, 7) is 0. The summed E-state index contributed by atoms with van der Waals surface area (Å²) in [5, 5.41) is 0. The molecule has 0 aliphatic heterocycles. The average Bonchev–Trinajstić information content (AvgIpc) is 2.68. The number of hydrogen-bond donors (Lipinski definition) is 0. The van der Waals surface area contributed by atoms with Crippen molar-refractivity contribution in [3.05, 3.63) is 106 Å². The van der Waals surface area contributed by atoms with Crippen LogP contribution in [0.1, 0.15) is 26.3 Å². The topological polar surface area (TPSA) is 43.4 Å². The third-order valence-electron chi connectivity index (χ3n) is 3.67. The Morgan fingerprint density at radius 3 is 2.15 bits per heavy atom. The number of carbonyl (C=O) groups is 2. The summed E-state index contributed by atoms with van der Waals surface area (Å²) in [4.78, 5) is 24.4. The van der Waals surface area contributed by atoms with Gasteiger partial charge in [-0.05, 0) is 64.0 Å². The largest absolute Gasteiger partial charge is 0.423 e. The first kappa shape index (κ1) is 17.8. The maximum absolute atomic E-state index is 12.2. The lowest BCUT2D eigenvalue weighted by molar-refractivity contribution is 0.0733. The van der Waals surface area contributed by atoms with Gasteiger partial charge in [-0.3, -0.25) is 4.79 Å². The summed E-state index contributed by atoms with van der Waals surface area (Å²) < 4.78 is 6.02. The minimum atomic E-state index is -0.458. The van der Waals surface area contributed by atoms with E-state index in [9.17, 15) is 9.59 Å². The van der Waals surface area contributed by atoms with E-state index in [1.807, 2.05) is 36.4 Å². The number of halogens is 1. The summed E-state index contributed by atoms with van der Waals surface area (Å²) in [5.41, 5.74) is 1.93. The van der Waals surface area contributed by atoms with Crippen LogP contribution in [0.5, 0.6) is 5.75 Å². The van der Waals surface area contributed by atoms with E-state index in [-0.39, 0.29) is 5.78 Å². The molecular formula is C22H15BrO3. The molecule has 3 rings (SSSR count). The number of carbonyl (C=O) groups excluding carboxylic acids is 2. The summed E-state index contributed by atoms with van der Waals surface area (Å²) in [6.07, 6.45) is 3.29. The average molecular weight is 407 g/mol. The van der Waals surface area contributed by atoms with E-state index in [4.69, 9.17) is 4.74 Å². The van der Waals surface area contributed by atoms with Gasteiger partial charge in [0.15, 0.2) is 5.78 Å². The number of allylic oxidation sites excluding steroid dienone is 1. The van der Waals surface area contributed by atoms with Gasteiger partial charge in [0.05, 0.1) is 5.56 Å². The second-order valence-electron chi connectivity index (χ2n) is 5.50. The van der Waals surface area contributed by atoms with Crippen molar-refractivity contribution >= 4 is 33.8 Å². The molecule has 0 aliphatic rings. The van der Waals surface area contributed by atoms with Gasteiger partial charge in [0.2, 0.25) is 0 Å². The molecule has 0 aliphatic carbocycles. The Kier molecular flexibility index (Phi) is 5.77. The molecule has 0 amide bonds. The molecule has 3 aromatic carbocycles. The molecule has 0 spiro atoms. The van der Waals surface area contributed by atoms with Crippen molar-refractivity contribution in [2.45, 2.75) is 0 Å². The Hall–Kier alpha value is -2.98. The van der Waals surface area contributed by atoms with Gasteiger partial charge in [-0.1, -0.05) is 48.5 Å². The van der Waals surface area contributed by atoms with Crippen molar-refractivity contribution in [3.8, 4) is 5.75 Å². The van der Waals surface area contributed by atoms with Gasteiger partial charge in [0, 0.05) is 10.0 Å². The van der Waals surface area contributed by atoms with Crippen LogP contribution in [0.4, 0.5) is 0 Å². The lowest BCUT2D eigenvalue weighted by atomic mass is 10.1. The molecular weight excluding hydrogens is 392 g/mol. The third kappa shape index (κ3) is 4.55. The number of hydrogen-bond acceptors (Lipinski definition) is 3. The molecule has 3 aromatic rings. The van der Waals surface area contributed by atoms with Gasteiger partial charge in [0.1, 0.15) is 5.75 Å². The molecule has 26 heavy (non-hydrogen) atoms. The van der Waals surface area contributed by atoms with Crippen LogP contribution >= 0.6 is 15.9 Å². The predicted octanol–water partition coefficient (Wildman–Crippen LogP) is 5.56. The van der Waals surface area contributed by atoms with Crippen LogP contribution in [-0.4, -0.2) is 11.8 Å². The van der Waals surface area contributed by atoms with Gasteiger partial charge >= 0.3 is 5.97 Å². The van der Waals surface area contributed by atoms with E-state index in [1.54, 1.807) is 48.5 Å². The van der Waals surface area contributed by atoms with Crippen LogP contribution in [0, 0.1) is 0 Å². The van der Waals surface area contributed by atoms with Crippen molar-refractivity contribution < 1.29 is 14.3 Å². The van der Waals surface area contributed by atoms with E-state index in [0.29, 0.717) is 21.3 Å². The molecule has 0 atom stereocenters. The molecule has 0 heterocycles. The molecule has 0 saturated heterocycles. The minimum absolute atomic E-state index is 0.113. The number of ether oxygens (including phenoxy) is 1. The standard InChI is InChI=1S/C22H15BrO3/c23-20-9-5-4-8-19(20)22(25)26-18-13-11-17(12-14-18)21(24)15-10-16-6-2-1-3-7-16/h1-15H. The molecule has 0 radical (unpaired) electrons. The minimum Gasteiger partial charge on any atom is -0.423 e. The Balaban J connectivity index is 1.67. The molecule has 0 fully saturated rings. The summed E-state index contributed by atoms with van der Waals surface area (Å²) in [7, 11) is 0. The van der Waals surface area contributed by atoms with Crippen molar-refractivity contribution in [2.24, 2.45) is 0 Å². The van der Waals surface area contributed by atoms with Gasteiger partial charge in [-0.15, -0.1) is 0 Å². The van der Waals surface area contributed by atoms with Crippen LogP contribution in [0.15, 0.2) is 89.4 Å². The van der Waals surface area contributed by atoms with Crippen molar-refractivity contribution in [3.63, 3.8) is 0 Å². The number of rotatable bonds is 5. The summed E-state index contributed by atoms with van der Waals surface area (Å²) >= 11 is 3.32. The van der Waals surface area contributed by atoms with Crippen LogP contribution < -0.4 is 4.74 Å². The normalized spacial score (nSPS) is 10.7. The van der Waals surface area contributed by atoms with Crippen LogP contribution in [-0.2, 0) is 0 Å². The molecule has 0 aromatic heterocycles. The Bertz CT molecular complexity index is 945. The highest BCUT2D eigenvalue weighted by molar-refractivity contribution is 9.10. The Morgan fingerprint density at radius 1 is 0.808 bits per heavy atom. The summed E-state index contributed by atoms with van der Waals surface area (Å²) in [6, 6.07) is 23.1. The molecule has 4 heteroatoms. The first-order chi connectivity index (χ1) is 12.6. The molecule has 0 unspecified atom stereocenters. The first-order valence-corrected chi connectivity index (χ1v) is 8.77. The second kappa shape index (κ2) is 8.41. The molecule has 0 bridgehead atoms. The van der Waals surface area contributed by atoms with E-state index in [1.165, 1.54) is 6.08 Å².